The Kier molecular flexibility index (Phi) is 5.50. The average Bonchev–Trinajstić information content (AvgIpc) is 2.86. The van der Waals surface area contributed by atoms with Crippen molar-refractivity contribution < 1.29 is 4.39 Å². The highest BCUT2D eigenvalue weighted by atomic mass is 35.5. The third-order valence-electron chi connectivity index (χ3n) is 2.87. The average molecular weight is 288 g/mol. The molecule has 2 heterocycles. The summed E-state index contributed by atoms with van der Waals surface area (Å²) >= 11 is 0. The van der Waals surface area contributed by atoms with Crippen LogP contribution in [-0.4, -0.2) is 19.6 Å². The van der Waals surface area contributed by atoms with Crippen molar-refractivity contribution >= 4 is 12.4 Å². The molecule has 5 nitrogen and oxygen atoms in total. The maximum atomic E-state index is 13.9. The van der Waals surface area contributed by atoms with E-state index in [-0.39, 0.29) is 18.4 Å². The van der Waals surface area contributed by atoms with Gasteiger partial charge in [0.05, 0.1) is 11.9 Å². The molecule has 2 aromatic rings. The molecule has 7 heteroatoms. The van der Waals surface area contributed by atoms with Crippen LogP contribution in [0, 0.1) is 12.9 Å². The van der Waals surface area contributed by atoms with Gasteiger partial charge in [-0.2, -0.15) is 14.6 Å². The lowest BCUT2D eigenvalue weighted by Crippen LogP contribution is -2.14. The molecule has 0 radical (unpaired) electrons. The fourth-order valence-electron chi connectivity index (χ4n) is 1.90. The van der Waals surface area contributed by atoms with Gasteiger partial charge in [-0.25, -0.2) is 4.68 Å². The second-order valence-electron chi connectivity index (χ2n) is 4.30. The predicted molar refractivity (Wildman–Crippen MR) is 73.6 cm³/mol. The summed E-state index contributed by atoms with van der Waals surface area (Å²) in [5.41, 5.74) is 2.47. The van der Waals surface area contributed by atoms with E-state index in [4.69, 9.17) is 0 Å². The van der Waals surface area contributed by atoms with Gasteiger partial charge < -0.3 is 5.32 Å². The molecule has 2 rings (SSSR count). The Labute approximate surface area is 118 Å². The fourth-order valence-corrected chi connectivity index (χ4v) is 1.90. The van der Waals surface area contributed by atoms with E-state index in [1.165, 1.54) is 4.68 Å². The molecule has 1 N–H and O–H groups in total. The van der Waals surface area contributed by atoms with Gasteiger partial charge in [0.25, 0.3) is 0 Å². The maximum Gasteiger partial charge on any atom is 0.216 e. The number of aromatic nitrogens is 4. The predicted octanol–water partition coefficient (Wildman–Crippen LogP) is 1.80. The zero-order valence-corrected chi connectivity index (χ0v) is 12.2. The summed E-state index contributed by atoms with van der Waals surface area (Å²) in [6, 6.07) is 0. The van der Waals surface area contributed by atoms with Gasteiger partial charge in [0.15, 0.2) is 0 Å². The van der Waals surface area contributed by atoms with Crippen molar-refractivity contribution in [2.45, 2.75) is 33.5 Å². The van der Waals surface area contributed by atoms with E-state index in [0.29, 0.717) is 25.2 Å². The number of nitrogens with one attached hydrogen (secondary N) is 1. The van der Waals surface area contributed by atoms with Crippen LogP contribution >= 0.6 is 12.4 Å². The molecule has 0 aliphatic heterocycles. The molecule has 0 amide bonds. The van der Waals surface area contributed by atoms with Crippen LogP contribution < -0.4 is 5.32 Å². The minimum absolute atomic E-state index is 0. The molecule has 0 aliphatic rings. The number of hydrogen-bond donors (Lipinski definition) is 1. The second-order valence-corrected chi connectivity index (χ2v) is 4.30. The van der Waals surface area contributed by atoms with Crippen molar-refractivity contribution in [2.75, 3.05) is 0 Å². The van der Waals surface area contributed by atoms with Gasteiger partial charge in [0.2, 0.25) is 5.95 Å². The third-order valence-corrected chi connectivity index (χ3v) is 2.87. The number of halogens is 2. The van der Waals surface area contributed by atoms with Gasteiger partial charge in [-0.3, -0.25) is 4.68 Å². The third kappa shape index (κ3) is 3.54. The van der Waals surface area contributed by atoms with Gasteiger partial charge in [-0.05, 0) is 13.8 Å². The molecular formula is C12H19ClFN5. The minimum Gasteiger partial charge on any atom is -0.308 e. The first-order valence-electron chi connectivity index (χ1n) is 6.01. The molecule has 106 valence electrons. The molecule has 0 fully saturated rings. The van der Waals surface area contributed by atoms with Crippen LogP contribution in [-0.2, 0) is 26.7 Å². The van der Waals surface area contributed by atoms with E-state index >= 15 is 0 Å². The minimum atomic E-state index is -0.242. The summed E-state index contributed by atoms with van der Waals surface area (Å²) in [5, 5.41) is 11.4. The maximum absolute atomic E-state index is 13.9. The summed E-state index contributed by atoms with van der Waals surface area (Å²) in [7, 11) is 1.87. The van der Waals surface area contributed by atoms with Gasteiger partial charge in [-0.15, -0.1) is 12.4 Å². The molecule has 0 aliphatic carbocycles. The van der Waals surface area contributed by atoms with E-state index in [2.05, 4.69) is 15.5 Å². The Balaban J connectivity index is 0.00000180. The van der Waals surface area contributed by atoms with Crippen molar-refractivity contribution in [2.24, 2.45) is 7.05 Å². The summed E-state index contributed by atoms with van der Waals surface area (Å²) in [6.07, 6.45) is 3.73. The quantitative estimate of drug-likeness (QED) is 0.912. The van der Waals surface area contributed by atoms with Crippen LogP contribution in [0.1, 0.15) is 23.7 Å². The van der Waals surface area contributed by atoms with E-state index in [1.54, 1.807) is 10.9 Å². The summed E-state index contributed by atoms with van der Waals surface area (Å²) in [6.45, 7) is 5.41. The van der Waals surface area contributed by atoms with Crippen LogP contribution in [0.5, 0.6) is 0 Å². The van der Waals surface area contributed by atoms with E-state index < -0.39 is 0 Å². The second kappa shape index (κ2) is 6.68. The largest absolute Gasteiger partial charge is 0.308 e. The van der Waals surface area contributed by atoms with Crippen molar-refractivity contribution in [3.8, 4) is 0 Å². The topological polar surface area (TPSA) is 47.7 Å². The number of hydrogen-bond acceptors (Lipinski definition) is 3. The van der Waals surface area contributed by atoms with Crippen LogP contribution in [0.3, 0.4) is 0 Å². The Morgan fingerprint density at radius 2 is 2.11 bits per heavy atom. The van der Waals surface area contributed by atoms with Crippen LogP contribution in [0.2, 0.25) is 0 Å². The fraction of sp³-hybridized carbons (Fsp3) is 0.500. The van der Waals surface area contributed by atoms with Crippen LogP contribution in [0.15, 0.2) is 12.4 Å². The summed E-state index contributed by atoms with van der Waals surface area (Å²) < 4.78 is 17.0. The van der Waals surface area contributed by atoms with E-state index in [0.717, 1.165) is 11.3 Å². The molecule has 19 heavy (non-hydrogen) atoms. The number of aryl methyl sites for hydroxylation is 3. The van der Waals surface area contributed by atoms with Crippen molar-refractivity contribution in [1.29, 1.82) is 0 Å². The highest BCUT2D eigenvalue weighted by Crippen LogP contribution is 2.12. The van der Waals surface area contributed by atoms with Crippen LogP contribution in [0.4, 0.5) is 4.39 Å². The zero-order valence-electron chi connectivity index (χ0n) is 11.4. The Bertz CT molecular complexity index is 534. The SMILES string of the molecule is CCn1nc(C)c(CNCc2cnn(C)c2)c1F.Cl. The first-order valence-corrected chi connectivity index (χ1v) is 6.01. The zero-order chi connectivity index (χ0) is 13.1. The Morgan fingerprint density at radius 1 is 1.37 bits per heavy atom. The first kappa shape index (κ1) is 15.7. The first-order chi connectivity index (χ1) is 8.61. The molecule has 0 atom stereocenters. The van der Waals surface area contributed by atoms with Gasteiger partial charge in [-0.1, -0.05) is 0 Å². The summed E-state index contributed by atoms with van der Waals surface area (Å²) in [5.74, 6) is -0.242. The van der Waals surface area contributed by atoms with Crippen molar-refractivity contribution in [3.05, 3.63) is 35.2 Å². The highest BCUT2D eigenvalue weighted by Gasteiger charge is 2.13. The summed E-state index contributed by atoms with van der Waals surface area (Å²) in [4.78, 5) is 0. The van der Waals surface area contributed by atoms with Gasteiger partial charge in [0, 0.05) is 44.0 Å². The van der Waals surface area contributed by atoms with E-state index in [9.17, 15) is 4.39 Å². The van der Waals surface area contributed by atoms with Crippen molar-refractivity contribution in [3.63, 3.8) is 0 Å². The molecule has 0 spiro atoms. The van der Waals surface area contributed by atoms with E-state index in [1.807, 2.05) is 27.1 Å². The lowest BCUT2D eigenvalue weighted by molar-refractivity contribution is 0.460. The lowest BCUT2D eigenvalue weighted by atomic mass is 10.2. The monoisotopic (exact) mass is 287 g/mol. The number of nitrogens with zero attached hydrogens (tertiary/aromatic N) is 4. The molecule has 0 bridgehead atoms. The van der Waals surface area contributed by atoms with Crippen molar-refractivity contribution in [1.82, 2.24) is 24.9 Å². The van der Waals surface area contributed by atoms with Gasteiger partial charge >= 0.3 is 0 Å². The Hall–Kier alpha value is -1.40. The van der Waals surface area contributed by atoms with Crippen LogP contribution in [0.25, 0.3) is 0 Å². The molecule has 0 saturated carbocycles. The Morgan fingerprint density at radius 3 is 2.63 bits per heavy atom. The molecule has 0 aromatic carbocycles. The number of rotatable bonds is 5. The van der Waals surface area contributed by atoms with Gasteiger partial charge in [0.1, 0.15) is 0 Å². The molecule has 0 unspecified atom stereocenters. The molecular weight excluding hydrogens is 269 g/mol. The normalized spacial score (nSPS) is 10.5. The molecule has 2 aromatic heterocycles. The standard InChI is InChI=1S/C12H18FN5.ClH/c1-4-18-12(13)11(9(2)16-18)7-14-5-10-6-15-17(3)8-10;/h6,8,14H,4-5,7H2,1-3H3;1H. The highest BCUT2D eigenvalue weighted by molar-refractivity contribution is 5.85. The lowest BCUT2D eigenvalue weighted by Gasteiger charge is -2.02. The smallest absolute Gasteiger partial charge is 0.216 e. The molecule has 0 saturated heterocycles.